The summed E-state index contributed by atoms with van der Waals surface area (Å²) in [4.78, 5) is 29.3. The summed E-state index contributed by atoms with van der Waals surface area (Å²) in [5.74, 6) is 2.22. The monoisotopic (exact) mass is 457 g/mol. The van der Waals surface area contributed by atoms with Crippen molar-refractivity contribution < 1.29 is 9.59 Å². The van der Waals surface area contributed by atoms with Crippen molar-refractivity contribution in [3.8, 4) is 0 Å². The number of aromatic nitrogens is 2. The minimum absolute atomic E-state index is 0.0446. The standard InChI is InChI=1S/C24H35N5O2S/c1-14(2)21(23-25-16-9-5-6-10-18(16)29(23)15(3)4)27-20(30)12-8-7-11-19-22-17(13-32-19)26-24(31)28-22/h5-6,9-10,14-15,17,19,21-22H,7-8,11-13H2,1-4H3,(H,27,30)(H2,26,28,31)/t17-,19+,21+,22+/m1/s1. The third-order valence-corrected chi connectivity index (χ3v) is 7.99. The van der Waals surface area contributed by atoms with Crippen LogP contribution in [0.5, 0.6) is 0 Å². The molecule has 3 amide bonds. The number of rotatable bonds is 9. The van der Waals surface area contributed by atoms with E-state index in [9.17, 15) is 9.59 Å². The Hall–Kier alpha value is -2.22. The zero-order valence-corrected chi connectivity index (χ0v) is 20.2. The fraction of sp³-hybridized carbons (Fsp3) is 0.625. The summed E-state index contributed by atoms with van der Waals surface area (Å²) in [7, 11) is 0. The average molecular weight is 458 g/mol. The molecule has 0 saturated carbocycles. The number of para-hydroxylation sites is 2. The molecule has 0 radical (unpaired) electrons. The lowest BCUT2D eigenvalue weighted by molar-refractivity contribution is -0.122. The van der Waals surface area contributed by atoms with E-state index in [1.165, 1.54) is 0 Å². The molecule has 32 heavy (non-hydrogen) atoms. The van der Waals surface area contributed by atoms with Crippen molar-refractivity contribution in [3.05, 3.63) is 30.1 Å². The van der Waals surface area contributed by atoms with Gasteiger partial charge in [-0.25, -0.2) is 9.78 Å². The summed E-state index contributed by atoms with van der Waals surface area (Å²) in [6.45, 7) is 8.58. The second-order valence-electron chi connectivity index (χ2n) is 9.58. The van der Waals surface area contributed by atoms with Crippen LogP contribution in [0.15, 0.2) is 24.3 Å². The summed E-state index contributed by atoms with van der Waals surface area (Å²) in [6.07, 6.45) is 3.38. The molecule has 2 aromatic rings. The average Bonchev–Trinajstić information content (AvgIpc) is 3.41. The molecule has 3 heterocycles. The summed E-state index contributed by atoms with van der Waals surface area (Å²) >= 11 is 1.92. The zero-order chi connectivity index (χ0) is 22.8. The number of carbonyl (C=O) groups excluding carboxylic acids is 2. The van der Waals surface area contributed by atoms with Gasteiger partial charge in [0.05, 0.1) is 29.2 Å². The maximum Gasteiger partial charge on any atom is 0.315 e. The van der Waals surface area contributed by atoms with Crippen molar-refractivity contribution in [1.29, 1.82) is 0 Å². The minimum Gasteiger partial charge on any atom is -0.346 e. The molecule has 2 aliphatic rings. The molecular formula is C24H35N5O2S. The number of amides is 3. The van der Waals surface area contributed by atoms with Gasteiger partial charge in [0.25, 0.3) is 0 Å². The molecule has 0 bridgehead atoms. The molecule has 4 atom stereocenters. The molecular weight excluding hydrogens is 422 g/mol. The Bertz CT molecular complexity index is 972. The van der Waals surface area contributed by atoms with Crippen LogP contribution in [0.4, 0.5) is 4.79 Å². The molecule has 0 unspecified atom stereocenters. The highest BCUT2D eigenvalue weighted by molar-refractivity contribution is 8.00. The van der Waals surface area contributed by atoms with Gasteiger partial charge in [0.1, 0.15) is 5.82 Å². The number of imidazole rings is 1. The fourth-order valence-corrected chi connectivity index (χ4v) is 6.42. The van der Waals surface area contributed by atoms with Gasteiger partial charge in [0.15, 0.2) is 0 Å². The number of hydrogen-bond donors (Lipinski definition) is 3. The smallest absolute Gasteiger partial charge is 0.315 e. The molecule has 0 spiro atoms. The van der Waals surface area contributed by atoms with Gasteiger partial charge in [-0.05, 0) is 44.7 Å². The Kier molecular flexibility index (Phi) is 6.98. The first-order valence-corrected chi connectivity index (χ1v) is 12.8. The SMILES string of the molecule is CC(C)[C@H](NC(=O)CCCC[C@@H]1SC[C@H]2NC(=O)N[C@H]12)c1nc2ccccc2n1C(C)C. The molecule has 8 heteroatoms. The number of benzene rings is 1. The van der Waals surface area contributed by atoms with E-state index < -0.39 is 0 Å². The van der Waals surface area contributed by atoms with Crippen molar-refractivity contribution >= 4 is 34.7 Å². The van der Waals surface area contributed by atoms with E-state index in [1.54, 1.807) is 0 Å². The Morgan fingerprint density at radius 3 is 2.75 bits per heavy atom. The highest BCUT2D eigenvalue weighted by Gasteiger charge is 2.42. The van der Waals surface area contributed by atoms with Gasteiger partial charge >= 0.3 is 6.03 Å². The number of carbonyl (C=O) groups is 2. The molecule has 2 saturated heterocycles. The van der Waals surface area contributed by atoms with Gasteiger partial charge in [-0.3, -0.25) is 4.79 Å². The normalized spacial score (nSPS) is 23.4. The number of urea groups is 1. The minimum atomic E-state index is -0.122. The Balaban J connectivity index is 1.34. The maximum atomic E-state index is 12.8. The van der Waals surface area contributed by atoms with Crippen LogP contribution in [0.2, 0.25) is 0 Å². The van der Waals surface area contributed by atoms with E-state index >= 15 is 0 Å². The first-order valence-electron chi connectivity index (χ1n) is 11.8. The van der Waals surface area contributed by atoms with E-state index in [4.69, 9.17) is 4.98 Å². The van der Waals surface area contributed by atoms with Crippen molar-refractivity contribution in [2.75, 3.05) is 5.75 Å². The Morgan fingerprint density at radius 2 is 2.00 bits per heavy atom. The van der Waals surface area contributed by atoms with Crippen LogP contribution in [0.1, 0.15) is 71.3 Å². The van der Waals surface area contributed by atoms with Gasteiger partial charge in [-0.15, -0.1) is 0 Å². The zero-order valence-electron chi connectivity index (χ0n) is 19.4. The van der Waals surface area contributed by atoms with Gasteiger partial charge in [-0.1, -0.05) is 32.4 Å². The molecule has 3 N–H and O–H groups in total. The Labute approximate surface area is 194 Å². The van der Waals surface area contributed by atoms with Crippen LogP contribution in [-0.2, 0) is 4.79 Å². The fourth-order valence-electron chi connectivity index (χ4n) is 4.87. The van der Waals surface area contributed by atoms with E-state index in [-0.39, 0.29) is 42.0 Å². The van der Waals surface area contributed by atoms with Crippen LogP contribution in [0.25, 0.3) is 11.0 Å². The third-order valence-electron chi connectivity index (χ3n) is 6.48. The van der Waals surface area contributed by atoms with Crippen molar-refractivity contribution in [2.45, 2.75) is 82.8 Å². The lowest BCUT2D eigenvalue weighted by atomic mass is 10.0. The number of fused-ring (bicyclic) bond motifs is 2. The summed E-state index contributed by atoms with van der Waals surface area (Å²) in [6, 6.07) is 8.75. The summed E-state index contributed by atoms with van der Waals surface area (Å²) < 4.78 is 2.25. The lowest BCUT2D eigenvalue weighted by Gasteiger charge is -2.25. The number of thioether (sulfide) groups is 1. The number of hydrogen-bond acceptors (Lipinski definition) is 4. The highest BCUT2D eigenvalue weighted by Crippen LogP contribution is 2.33. The first-order chi connectivity index (χ1) is 15.3. The quantitative estimate of drug-likeness (QED) is 0.390. The molecule has 2 aliphatic heterocycles. The van der Waals surface area contributed by atoms with Crippen LogP contribution in [0, 0.1) is 5.92 Å². The van der Waals surface area contributed by atoms with Crippen LogP contribution < -0.4 is 16.0 Å². The molecule has 0 aliphatic carbocycles. The van der Waals surface area contributed by atoms with Gasteiger partial charge in [-0.2, -0.15) is 11.8 Å². The lowest BCUT2D eigenvalue weighted by Crippen LogP contribution is -2.36. The molecule has 1 aromatic carbocycles. The number of nitrogens with one attached hydrogen (secondary N) is 3. The van der Waals surface area contributed by atoms with Crippen LogP contribution in [-0.4, -0.2) is 44.6 Å². The third kappa shape index (κ3) is 4.75. The van der Waals surface area contributed by atoms with Crippen LogP contribution >= 0.6 is 11.8 Å². The first kappa shape index (κ1) is 23.0. The maximum absolute atomic E-state index is 12.8. The molecule has 174 valence electrons. The van der Waals surface area contributed by atoms with E-state index in [0.717, 1.165) is 41.9 Å². The van der Waals surface area contributed by atoms with Crippen molar-refractivity contribution in [3.63, 3.8) is 0 Å². The van der Waals surface area contributed by atoms with Crippen LogP contribution in [0.3, 0.4) is 0 Å². The van der Waals surface area contributed by atoms with E-state index in [1.807, 2.05) is 30.0 Å². The Morgan fingerprint density at radius 1 is 1.22 bits per heavy atom. The predicted molar refractivity (Wildman–Crippen MR) is 130 cm³/mol. The predicted octanol–water partition coefficient (Wildman–Crippen LogP) is 4.16. The molecule has 1 aromatic heterocycles. The second kappa shape index (κ2) is 9.73. The topological polar surface area (TPSA) is 88.1 Å². The van der Waals surface area contributed by atoms with E-state index in [0.29, 0.717) is 11.7 Å². The summed E-state index contributed by atoms with van der Waals surface area (Å²) in [5, 5.41) is 9.73. The second-order valence-corrected chi connectivity index (χ2v) is 10.9. The van der Waals surface area contributed by atoms with Crippen molar-refractivity contribution in [1.82, 2.24) is 25.5 Å². The number of nitrogens with zero attached hydrogens (tertiary/aromatic N) is 2. The van der Waals surface area contributed by atoms with Gasteiger partial charge in [0, 0.05) is 23.5 Å². The largest absolute Gasteiger partial charge is 0.346 e. The highest BCUT2D eigenvalue weighted by atomic mass is 32.2. The molecule has 4 rings (SSSR count). The molecule has 7 nitrogen and oxygen atoms in total. The van der Waals surface area contributed by atoms with Gasteiger partial charge < -0.3 is 20.5 Å². The van der Waals surface area contributed by atoms with E-state index in [2.05, 4.69) is 54.3 Å². The van der Waals surface area contributed by atoms with Gasteiger partial charge in [0.2, 0.25) is 5.91 Å². The summed E-state index contributed by atoms with van der Waals surface area (Å²) in [5.41, 5.74) is 2.08. The molecule has 2 fully saturated rings. The van der Waals surface area contributed by atoms with Crippen molar-refractivity contribution in [2.24, 2.45) is 5.92 Å². The number of unbranched alkanes of at least 4 members (excludes halogenated alkanes) is 1.